The van der Waals surface area contributed by atoms with Gasteiger partial charge in [-0.05, 0) is 19.1 Å². The van der Waals surface area contributed by atoms with Gasteiger partial charge in [0.2, 0.25) is 0 Å². The second-order valence-corrected chi connectivity index (χ2v) is 5.90. The average Bonchev–Trinajstić information content (AvgIpc) is 3.42. The third kappa shape index (κ3) is 3.77. The molecular formula is C20H18N6O. The minimum absolute atomic E-state index is 0.295. The molecule has 0 aliphatic rings. The van der Waals surface area contributed by atoms with E-state index in [1.807, 2.05) is 73.8 Å². The first-order valence-corrected chi connectivity index (χ1v) is 8.52. The fourth-order valence-electron chi connectivity index (χ4n) is 2.69. The first kappa shape index (κ1) is 16.7. The number of nitrogens with zero attached hydrogens (tertiary/aromatic N) is 6. The van der Waals surface area contributed by atoms with Gasteiger partial charge in [-0.15, -0.1) is 5.10 Å². The predicted octanol–water partition coefficient (Wildman–Crippen LogP) is 3.42. The first-order chi connectivity index (χ1) is 13.3. The lowest BCUT2D eigenvalue weighted by Gasteiger charge is -2.13. The van der Waals surface area contributed by atoms with Crippen LogP contribution in [0.2, 0.25) is 0 Å². The second-order valence-electron chi connectivity index (χ2n) is 5.90. The Morgan fingerprint density at radius 3 is 2.44 bits per heavy atom. The number of benzene rings is 2. The zero-order valence-electron chi connectivity index (χ0n) is 14.8. The highest BCUT2D eigenvalue weighted by Crippen LogP contribution is 2.23. The average molecular weight is 358 g/mol. The summed E-state index contributed by atoms with van der Waals surface area (Å²) in [5, 5.41) is 12.6. The Morgan fingerprint density at radius 2 is 1.74 bits per heavy atom. The van der Waals surface area contributed by atoms with Crippen molar-refractivity contribution in [3.8, 4) is 5.69 Å². The van der Waals surface area contributed by atoms with E-state index in [1.165, 1.54) is 6.33 Å². The van der Waals surface area contributed by atoms with Gasteiger partial charge in [-0.1, -0.05) is 53.7 Å². The van der Waals surface area contributed by atoms with Crippen molar-refractivity contribution >= 4 is 11.5 Å². The van der Waals surface area contributed by atoms with Crippen LogP contribution in [-0.4, -0.2) is 29.8 Å². The van der Waals surface area contributed by atoms with Crippen LogP contribution in [0.25, 0.3) is 17.1 Å². The molecule has 4 rings (SSSR count). The topological polar surface area (TPSA) is 70.7 Å². The van der Waals surface area contributed by atoms with E-state index in [1.54, 1.807) is 15.7 Å². The van der Waals surface area contributed by atoms with Crippen LogP contribution in [0.5, 0.6) is 0 Å². The van der Waals surface area contributed by atoms with Crippen LogP contribution >= 0.6 is 0 Å². The molecule has 0 aliphatic carbocycles. The molecule has 0 saturated carbocycles. The molecule has 4 aromatic rings. The summed E-state index contributed by atoms with van der Waals surface area (Å²) in [6.07, 6.45) is 5.01. The van der Waals surface area contributed by atoms with Gasteiger partial charge in [0.15, 0.2) is 0 Å². The van der Waals surface area contributed by atoms with E-state index in [9.17, 15) is 0 Å². The highest BCUT2D eigenvalue weighted by molar-refractivity contribution is 5.77. The standard InChI is InChI=1S/C20H18N6O/c1-16(26-15-21-14-22-26)20(17-8-4-2-5-9-17)27-13-18-12-25(24-23-18)19-10-6-3-7-11-19/h2-12,14-15H,13H2,1H3/b20-16-. The zero-order valence-corrected chi connectivity index (χ0v) is 14.8. The van der Waals surface area contributed by atoms with Gasteiger partial charge in [-0.2, -0.15) is 5.10 Å². The minimum Gasteiger partial charge on any atom is -0.485 e. The van der Waals surface area contributed by atoms with Crippen LogP contribution in [-0.2, 0) is 11.3 Å². The number of para-hydroxylation sites is 1. The fraction of sp³-hybridized carbons (Fsp3) is 0.100. The minimum atomic E-state index is 0.295. The highest BCUT2D eigenvalue weighted by Gasteiger charge is 2.12. The van der Waals surface area contributed by atoms with Gasteiger partial charge in [0.1, 0.15) is 30.7 Å². The van der Waals surface area contributed by atoms with E-state index >= 15 is 0 Å². The molecule has 7 heteroatoms. The highest BCUT2D eigenvalue weighted by atomic mass is 16.5. The Kier molecular flexibility index (Phi) is 4.74. The Labute approximate surface area is 156 Å². The second kappa shape index (κ2) is 7.65. The number of hydrogen-bond donors (Lipinski definition) is 0. The summed E-state index contributed by atoms with van der Waals surface area (Å²) in [6, 6.07) is 19.7. The Bertz CT molecular complexity index is 1020. The zero-order chi connectivity index (χ0) is 18.5. The predicted molar refractivity (Wildman–Crippen MR) is 101 cm³/mol. The van der Waals surface area contributed by atoms with E-state index in [-0.39, 0.29) is 0 Å². The Hall–Kier alpha value is -3.74. The first-order valence-electron chi connectivity index (χ1n) is 8.52. The molecule has 0 radical (unpaired) electrons. The Balaban J connectivity index is 1.58. The summed E-state index contributed by atoms with van der Waals surface area (Å²) in [7, 11) is 0. The molecule has 0 atom stereocenters. The van der Waals surface area contributed by atoms with Crippen molar-refractivity contribution < 1.29 is 4.74 Å². The van der Waals surface area contributed by atoms with Crippen LogP contribution in [0, 0.1) is 0 Å². The van der Waals surface area contributed by atoms with Crippen molar-refractivity contribution in [2.24, 2.45) is 0 Å². The van der Waals surface area contributed by atoms with Gasteiger partial charge < -0.3 is 4.74 Å². The van der Waals surface area contributed by atoms with Crippen LogP contribution < -0.4 is 0 Å². The summed E-state index contributed by atoms with van der Waals surface area (Å²) in [4.78, 5) is 4.01. The van der Waals surface area contributed by atoms with Gasteiger partial charge in [0.05, 0.1) is 17.6 Å². The lowest BCUT2D eigenvalue weighted by Crippen LogP contribution is -2.02. The van der Waals surface area contributed by atoms with Crippen molar-refractivity contribution in [2.45, 2.75) is 13.5 Å². The van der Waals surface area contributed by atoms with Crippen LogP contribution in [0.1, 0.15) is 18.2 Å². The maximum absolute atomic E-state index is 6.12. The van der Waals surface area contributed by atoms with Crippen molar-refractivity contribution in [3.05, 3.63) is 90.8 Å². The van der Waals surface area contributed by atoms with Crippen LogP contribution in [0.15, 0.2) is 79.5 Å². The number of aromatic nitrogens is 6. The van der Waals surface area contributed by atoms with Crippen LogP contribution in [0.3, 0.4) is 0 Å². The Morgan fingerprint density at radius 1 is 1.00 bits per heavy atom. The molecule has 0 saturated heterocycles. The van der Waals surface area contributed by atoms with Gasteiger partial charge in [0, 0.05) is 5.56 Å². The number of hydrogen-bond acceptors (Lipinski definition) is 5. The third-order valence-electron chi connectivity index (χ3n) is 4.05. The molecule has 0 spiro atoms. The summed E-state index contributed by atoms with van der Waals surface area (Å²) < 4.78 is 9.54. The molecule has 2 aromatic heterocycles. The monoisotopic (exact) mass is 358 g/mol. The maximum Gasteiger partial charge on any atom is 0.148 e. The van der Waals surface area contributed by atoms with E-state index < -0.39 is 0 Å². The van der Waals surface area contributed by atoms with Crippen molar-refractivity contribution in [3.63, 3.8) is 0 Å². The molecule has 0 bridgehead atoms. The molecule has 0 unspecified atom stereocenters. The maximum atomic E-state index is 6.12. The summed E-state index contributed by atoms with van der Waals surface area (Å²) in [6.45, 7) is 2.24. The van der Waals surface area contributed by atoms with Gasteiger partial charge >= 0.3 is 0 Å². The summed E-state index contributed by atoms with van der Waals surface area (Å²) in [5.41, 5.74) is 3.49. The SMILES string of the molecule is C/C(=C(/OCc1cn(-c2ccccc2)nn1)c1ccccc1)n1cncn1. The number of ether oxygens (including phenoxy) is 1. The molecule has 2 heterocycles. The molecule has 7 nitrogen and oxygen atoms in total. The summed E-state index contributed by atoms with van der Waals surface area (Å²) in [5.74, 6) is 0.718. The van der Waals surface area contributed by atoms with Crippen molar-refractivity contribution in [1.82, 2.24) is 29.8 Å². The number of rotatable bonds is 6. The van der Waals surface area contributed by atoms with Gasteiger partial charge in [-0.25, -0.2) is 14.3 Å². The van der Waals surface area contributed by atoms with Crippen molar-refractivity contribution in [1.29, 1.82) is 0 Å². The number of allylic oxidation sites excluding steroid dienone is 1. The lowest BCUT2D eigenvalue weighted by molar-refractivity contribution is 0.259. The van der Waals surface area contributed by atoms with Gasteiger partial charge in [0.25, 0.3) is 0 Å². The molecule has 0 aliphatic heterocycles. The summed E-state index contributed by atoms with van der Waals surface area (Å²) >= 11 is 0. The molecular weight excluding hydrogens is 340 g/mol. The van der Waals surface area contributed by atoms with Crippen LogP contribution in [0.4, 0.5) is 0 Å². The van der Waals surface area contributed by atoms with E-state index in [0.717, 1.165) is 28.4 Å². The molecule has 0 N–H and O–H groups in total. The molecule has 0 fully saturated rings. The van der Waals surface area contributed by atoms with E-state index in [2.05, 4.69) is 20.4 Å². The largest absolute Gasteiger partial charge is 0.485 e. The molecule has 2 aromatic carbocycles. The van der Waals surface area contributed by atoms with Crippen molar-refractivity contribution in [2.75, 3.05) is 0 Å². The fourth-order valence-corrected chi connectivity index (χ4v) is 2.69. The van der Waals surface area contributed by atoms with E-state index in [0.29, 0.717) is 6.61 Å². The lowest BCUT2D eigenvalue weighted by atomic mass is 10.1. The normalized spacial score (nSPS) is 11.9. The van der Waals surface area contributed by atoms with Gasteiger partial charge in [-0.3, -0.25) is 0 Å². The van der Waals surface area contributed by atoms with E-state index in [4.69, 9.17) is 4.74 Å². The molecule has 134 valence electrons. The smallest absolute Gasteiger partial charge is 0.148 e. The third-order valence-corrected chi connectivity index (χ3v) is 4.05. The quantitative estimate of drug-likeness (QED) is 0.494. The molecule has 27 heavy (non-hydrogen) atoms. The molecule has 0 amide bonds.